The summed E-state index contributed by atoms with van der Waals surface area (Å²) in [5, 5.41) is 0.676. The van der Waals surface area contributed by atoms with Crippen molar-refractivity contribution in [3.8, 4) is 17.2 Å². The maximum Gasteiger partial charge on any atom is 0.383 e. The van der Waals surface area contributed by atoms with Gasteiger partial charge in [-0.1, -0.05) is 77.0 Å². The second-order valence-electron chi connectivity index (χ2n) is 7.72. The number of hydrogen-bond donors (Lipinski definition) is 0. The normalized spacial score (nSPS) is 11.3. The lowest BCUT2D eigenvalue weighted by atomic mass is 10.1. The molecule has 0 spiro atoms. The van der Waals surface area contributed by atoms with Gasteiger partial charge in [-0.05, 0) is 31.4 Å². The lowest BCUT2D eigenvalue weighted by Gasteiger charge is -2.13. The van der Waals surface area contributed by atoms with E-state index < -0.39 is 5.63 Å². The second-order valence-corrected chi connectivity index (χ2v) is 7.72. The Morgan fingerprint density at radius 3 is 2.32 bits per heavy atom. The van der Waals surface area contributed by atoms with Gasteiger partial charge in [0.25, 0.3) is 0 Å². The van der Waals surface area contributed by atoms with Crippen molar-refractivity contribution in [2.45, 2.75) is 78.1 Å². The SMILES string of the molecule is CC/C=C/CCOc1cccc2c(OC)c(OCCCCCCCCCC)c(=O)oc12. The molecule has 0 amide bonds. The van der Waals surface area contributed by atoms with E-state index in [1.807, 2.05) is 12.1 Å². The summed E-state index contributed by atoms with van der Waals surface area (Å²) in [7, 11) is 1.54. The van der Waals surface area contributed by atoms with Crippen LogP contribution in [0, 0.1) is 0 Å². The molecule has 5 nitrogen and oxygen atoms in total. The molecule has 0 saturated heterocycles. The predicted octanol–water partition coefficient (Wildman–Crippen LogP) is 7.06. The predicted molar refractivity (Wildman–Crippen MR) is 127 cm³/mol. The number of allylic oxidation sites excluding steroid dienone is 1. The highest BCUT2D eigenvalue weighted by molar-refractivity contribution is 5.89. The Labute approximate surface area is 186 Å². The number of rotatable bonds is 16. The average molecular weight is 431 g/mol. The summed E-state index contributed by atoms with van der Waals surface area (Å²) in [4.78, 5) is 12.6. The van der Waals surface area contributed by atoms with Crippen LogP contribution in [0.4, 0.5) is 0 Å². The highest BCUT2D eigenvalue weighted by Gasteiger charge is 2.19. The Morgan fingerprint density at radius 1 is 0.871 bits per heavy atom. The van der Waals surface area contributed by atoms with Crippen LogP contribution in [0.3, 0.4) is 0 Å². The van der Waals surface area contributed by atoms with Gasteiger partial charge in [-0.3, -0.25) is 0 Å². The summed E-state index contributed by atoms with van der Waals surface area (Å²) in [6, 6.07) is 5.52. The number of para-hydroxylation sites is 1. The minimum atomic E-state index is -0.536. The molecule has 172 valence electrons. The summed E-state index contributed by atoms with van der Waals surface area (Å²) in [5.41, 5.74) is -0.144. The standard InChI is InChI=1S/C26H38O5/c1-4-6-8-10-11-12-13-15-20-30-25-24(28-3)21-17-16-18-22(23(21)31-26(25)27)29-19-14-9-7-5-2/h7,9,16-18H,4-6,8,10-15,19-20H2,1-3H3/b9-7+. The molecule has 5 heteroatoms. The zero-order valence-electron chi connectivity index (χ0n) is 19.4. The largest absolute Gasteiger partial charge is 0.492 e. The Hall–Kier alpha value is -2.43. The molecule has 0 N–H and O–H groups in total. The van der Waals surface area contributed by atoms with E-state index in [9.17, 15) is 4.79 Å². The van der Waals surface area contributed by atoms with Gasteiger partial charge in [0.2, 0.25) is 5.75 Å². The Bertz CT molecular complexity index is 853. The smallest absolute Gasteiger partial charge is 0.383 e. The van der Waals surface area contributed by atoms with Gasteiger partial charge in [0.05, 0.1) is 25.7 Å². The average Bonchev–Trinajstić information content (AvgIpc) is 2.78. The Morgan fingerprint density at radius 2 is 1.61 bits per heavy atom. The van der Waals surface area contributed by atoms with E-state index in [2.05, 4.69) is 26.0 Å². The molecule has 0 bridgehead atoms. The number of fused-ring (bicyclic) bond motifs is 1. The van der Waals surface area contributed by atoms with E-state index in [4.69, 9.17) is 18.6 Å². The van der Waals surface area contributed by atoms with E-state index in [0.717, 1.165) is 25.7 Å². The molecule has 1 aromatic carbocycles. The van der Waals surface area contributed by atoms with Gasteiger partial charge in [-0.15, -0.1) is 0 Å². The minimum absolute atomic E-state index is 0.140. The van der Waals surface area contributed by atoms with Gasteiger partial charge < -0.3 is 18.6 Å². The van der Waals surface area contributed by atoms with Gasteiger partial charge in [0.1, 0.15) is 0 Å². The van der Waals surface area contributed by atoms with Gasteiger partial charge >= 0.3 is 5.63 Å². The van der Waals surface area contributed by atoms with Crippen LogP contribution >= 0.6 is 0 Å². The lowest BCUT2D eigenvalue weighted by molar-refractivity contribution is 0.270. The van der Waals surface area contributed by atoms with E-state index in [1.165, 1.54) is 38.5 Å². The van der Waals surface area contributed by atoms with Crippen LogP contribution in [0.25, 0.3) is 11.0 Å². The first-order valence-electron chi connectivity index (χ1n) is 11.8. The van der Waals surface area contributed by atoms with Crippen LogP contribution in [0.5, 0.6) is 17.2 Å². The fourth-order valence-corrected chi connectivity index (χ4v) is 3.53. The summed E-state index contributed by atoms with van der Waals surface area (Å²) in [6.45, 7) is 5.31. The van der Waals surface area contributed by atoms with Gasteiger partial charge in [0.15, 0.2) is 17.1 Å². The molecule has 0 fully saturated rings. The fourth-order valence-electron chi connectivity index (χ4n) is 3.53. The molecule has 1 aromatic heterocycles. The summed E-state index contributed by atoms with van der Waals surface area (Å²) in [6.07, 6.45) is 15.7. The van der Waals surface area contributed by atoms with Crippen molar-refractivity contribution in [2.75, 3.05) is 20.3 Å². The first-order chi connectivity index (χ1) is 15.2. The lowest BCUT2D eigenvalue weighted by Crippen LogP contribution is -2.11. The van der Waals surface area contributed by atoms with Crippen LogP contribution in [-0.4, -0.2) is 20.3 Å². The van der Waals surface area contributed by atoms with Crippen LogP contribution in [0.2, 0.25) is 0 Å². The third-order valence-corrected chi connectivity index (χ3v) is 5.20. The summed E-state index contributed by atoms with van der Waals surface area (Å²) >= 11 is 0. The highest BCUT2D eigenvalue weighted by atomic mass is 16.5. The molecule has 2 aromatic rings. The van der Waals surface area contributed by atoms with E-state index in [1.54, 1.807) is 13.2 Å². The first kappa shape index (κ1) is 24.8. The first-order valence-corrected chi connectivity index (χ1v) is 11.8. The van der Waals surface area contributed by atoms with Crippen LogP contribution < -0.4 is 19.8 Å². The summed E-state index contributed by atoms with van der Waals surface area (Å²) in [5.74, 6) is 1.08. The summed E-state index contributed by atoms with van der Waals surface area (Å²) < 4.78 is 22.7. The topological polar surface area (TPSA) is 57.9 Å². The van der Waals surface area contributed by atoms with Crippen molar-refractivity contribution in [1.82, 2.24) is 0 Å². The van der Waals surface area contributed by atoms with Crippen molar-refractivity contribution >= 4 is 11.0 Å². The van der Waals surface area contributed by atoms with Crippen molar-refractivity contribution < 1.29 is 18.6 Å². The van der Waals surface area contributed by atoms with E-state index in [-0.39, 0.29) is 5.75 Å². The quantitative estimate of drug-likeness (QED) is 0.162. The molecular weight excluding hydrogens is 392 g/mol. The monoisotopic (exact) mass is 430 g/mol. The van der Waals surface area contributed by atoms with Crippen molar-refractivity contribution in [3.63, 3.8) is 0 Å². The number of methoxy groups -OCH3 is 1. The molecule has 0 aliphatic rings. The number of unbranched alkanes of at least 4 members (excludes halogenated alkanes) is 7. The molecule has 0 atom stereocenters. The number of hydrogen-bond acceptors (Lipinski definition) is 5. The maximum absolute atomic E-state index is 12.6. The molecule has 1 heterocycles. The molecule has 31 heavy (non-hydrogen) atoms. The van der Waals surface area contributed by atoms with E-state index >= 15 is 0 Å². The van der Waals surface area contributed by atoms with Crippen molar-refractivity contribution in [1.29, 1.82) is 0 Å². The molecule has 2 rings (SSSR count). The highest BCUT2D eigenvalue weighted by Crippen LogP contribution is 2.36. The van der Waals surface area contributed by atoms with Crippen LogP contribution in [0.1, 0.15) is 78.1 Å². The minimum Gasteiger partial charge on any atom is -0.492 e. The third-order valence-electron chi connectivity index (χ3n) is 5.20. The number of benzene rings is 1. The Balaban J connectivity index is 1.98. The molecule has 0 radical (unpaired) electrons. The van der Waals surface area contributed by atoms with Gasteiger partial charge in [-0.25, -0.2) is 4.79 Å². The zero-order valence-corrected chi connectivity index (χ0v) is 19.4. The maximum atomic E-state index is 12.6. The molecule has 0 saturated carbocycles. The van der Waals surface area contributed by atoms with Crippen LogP contribution in [0.15, 0.2) is 39.6 Å². The Kier molecular flexibility index (Phi) is 11.7. The van der Waals surface area contributed by atoms with Gasteiger partial charge in [-0.2, -0.15) is 0 Å². The molecule has 0 aliphatic heterocycles. The van der Waals surface area contributed by atoms with E-state index in [0.29, 0.717) is 35.7 Å². The van der Waals surface area contributed by atoms with Crippen molar-refractivity contribution in [3.05, 3.63) is 40.8 Å². The molecule has 0 aliphatic carbocycles. The zero-order chi connectivity index (χ0) is 22.3. The molecular formula is C26H38O5. The van der Waals surface area contributed by atoms with Crippen molar-refractivity contribution in [2.24, 2.45) is 0 Å². The van der Waals surface area contributed by atoms with Gasteiger partial charge in [0, 0.05) is 0 Å². The third kappa shape index (κ3) is 7.97. The molecule has 0 unspecified atom stereocenters. The fraction of sp³-hybridized carbons (Fsp3) is 0.577. The van der Waals surface area contributed by atoms with Crippen LogP contribution in [-0.2, 0) is 0 Å². The second kappa shape index (κ2) is 14.6. The number of ether oxygens (including phenoxy) is 3.